The van der Waals surface area contributed by atoms with Gasteiger partial charge >= 0.3 is 0 Å². The monoisotopic (exact) mass is 401 g/mol. The fourth-order valence-corrected chi connectivity index (χ4v) is 4.52. The minimum absolute atomic E-state index is 0.0247. The van der Waals surface area contributed by atoms with Crippen LogP contribution in [0.1, 0.15) is 54.4 Å². The van der Waals surface area contributed by atoms with Crippen LogP contribution in [0.25, 0.3) is 0 Å². The number of aliphatic hydroxyl groups is 1. The first-order valence-electron chi connectivity index (χ1n) is 10.4. The molecule has 1 unspecified atom stereocenters. The van der Waals surface area contributed by atoms with Crippen LogP contribution in [0, 0.1) is 0 Å². The third-order valence-electron chi connectivity index (χ3n) is 6.00. The highest BCUT2D eigenvalue weighted by atomic mass is 16.5. The third kappa shape index (κ3) is 4.13. The van der Waals surface area contributed by atoms with Crippen LogP contribution >= 0.6 is 0 Å². The third-order valence-corrected chi connectivity index (χ3v) is 6.00. The summed E-state index contributed by atoms with van der Waals surface area (Å²) in [7, 11) is 0. The van der Waals surface area contributed by atoms with Gasteiger partial charge in [-0.1, -0.05) is 6.42 Å². The van der Waals surface area contributed by atoms with Gasteiger partial charge in [0.15, 0.2) is 0 Å². The van der Waals surface area contributed by atoms with Crippen molar-refractivity contribution in [3.05, 3.63) is 29.3 Å². The van der Waals surface area contributed by atoms with Gasteiger partial charge < -0.3 is 20.1 Å². The van der Waals surface area contributed by atoms with Gasteiger partial charge in [0.05, 0.1) is 6.61 Å². The van der Waals surface area contributed by atoms with Crippen LogP contribution in [0.15, 0.2) is 18.2 Å². The fraction of sp³-hybridized carbons (Fsp3) is 0.571. The number of carbonyl (C=O) groups is 3. The number of amides is 3. The average Bonchev–Trinajstić information content (AvgIpc) is 3.03. The van der Waals surface area contributed by atoms with Gasteiger partial charge in [-0.2, -0.15) is 0 Å². The van der Waals surface area contributed by atoms with E-state index >= 15 is 0 Å². The molecule has 3 amide bonds. The molecule has 2 heterocycles. The number of nitrogens with zero attached hydrogens (tertiary/aromatic N) is 1. The largest absolute Gasteiger partial charge is 0.489 e. The second kappa shape index (κ2) is 8.51. The Labute approximate surface area is 169 Å². The number of benzene rings is 1. The molecule has 3 aliphatic rings. The quantitative estimate of drug-likeness (QED) is 0.607. The lowest BCUT2D eigenvalue weighted by Gasteiger charge is -2.32. The maximum atomic E-state index is 12.8. The molecule has 1 saturated heterocycles. The highest BCUT2D eigenvalue weighted by Crippen LogP contribution is 2.31. The van der Waals surface area contributed by atoms with Crippen LogP contribution in [0.5, 0.6) is 5.75 Å². The topological polar surface area (TPSA) is 108 Å². The van der Waals surface area contributed by atoms with Gasteiger partial charge in [0.25, 0.3) is 5.91 Å². The molecule has 1 aromatic carbocycles. The molecule has 3 N–H and O–H groups in total. The first-order chi connectivity index (χ1) is 14.1. The first-order valence-corrected chi connectivity index (χ1v) is 10.4. The molecule has 0 radical (unpaired) electrons. The van der Waals surface area contributed by atoms with E-state index < -0.39 is 11.9 Å². The molecule has 3 atom stereocenters. The second-order valence-electron chi connectivity index (χ2n) is 7.94. The summed E-state index contributed by atoms with van der Waals surface area (Å²) in [6.45, 7) is 0.985. The molecule has 0 spiro atoms. The van der Waals surface area contributed by atoms with Crippen LogP contribution in [0.4, 0.5) is 0 Å². The maximum Gasteiger partial charge on any atom is 0.255 e. The van der Waals surface area contributed by atoms with Gasteiger partial charge in [-0.25, -0.2) is 0 Å². The van der Waals surface area contributed by atoms with Crippen molar-refractivity contribution in [1.82, 2.24) is 15.5 Å². The van der Waals surface area contributed by atoms with Crippen molar-refractivity contribution in [3.63, 3.8) is 0 Å². The summed E-state index contributed by atoms with van der Waals surface area (Å²) in [5.74, 6) is -0.160. The van der Waals surface area contributed by atoms with Crippen molar-refractivity contribution in [2.45, 2.75) is 63.3 Å². The van der Waals surface area contributed by atoms with Crippen molar-refractivity contribution in [2.75, 3.05) is 13.2 Å². The van der Waals surface area contributed by atoms with Crippen molar-refractivity contribution < 1.29 is 24.2 Å². The molecule has 0 bridgehead atoms. The summed E-state index contributed by atoms with van der Waals surface area (Å²) in [5, 5.41) is 14.8. The number of fused-ring (bicyclic) bond motifs is 1. The predicted molar refractivity (Wildman–Crippen MR) is 104 cm³/mol. The number of imide groups is 1. The zero-order valence-electron chi connectivity index (χ0n) is 16.4. The fourth-order valence-electron chi connectivity index (χ4n) is 4.52. The van der Waals surface area contributed by atoms with Gasteiger partial charge in [0.1, 0.15) is 17.9 Å². The molecule has 4 rings (SSSR count). The van der Waals surface area contributed by atoms with E-state index in [1.165, 1.54) is 0 Å². The van der Waals surface area contributed by atoms with E-state index in [0.717, 1.165) is 31.2 Å². The number of hydrogen-bond acceptors (Lipinski definition) is 6. The Kier molecular flexibility index (Phi) is 5.82. The van der Waals surface area contributed by atoms with E-state index in [2.05, 4.69) is 10.6 Å². The lowest BCUT2D eigenvalue weighted by atomic mass is 9.92. The highest BCUT2D eigenvalue weighted by Gasteiger charge is 2.39. The molecule has 0 aromatic heterocycles. The number of hydrogen-bond donors (Lipinski definition) is 3. The Hall–Kier alpha value is -2.45. The zero-order chi connectivity index (χ0) is 20.4. The minimum atomic E-state index is -0.609. The molecule has 156 valence electrons. The summed E-state index contributed by atoms with van der Waals surface area (Å²) >= 11 is 0. The summed E-state index contributed by atoms with van der Waals surface area (Å²) < 4.78 is 6.24. The SMILES string of the molecule is O=C1CCC(N2Cc3cc(O[C@H]4CCCC[C@H]4NCCO)ccc3C2=O)C(=O)N1. The second-order valence-corrected chi connectivity index (χ2v) is 7.94. The molecular formula is C21H27N3O5. The van der Waals surface area contributed by atoms with E-state index in [1.807, 2.05) is 12.1 Å². The molecule has 1 aromatic rings. The van der Waals surface area contributed by atoms with Gasteiger partial charge in [-0.3, -0.25) is 19.7 Å². The van der Waals surface area contributed by atoms with Crippen LogP contribution < -0.4 is 15.4 Å². The van der Waals surface area contributed by atoms with Gasteiger partial charge in [-0.05, 0) is 49.4 Å². The molecule has 29 heavy (non-hydrogen) atoms. The Bertz CT molecular complexity index is 812. The molecular weight excluding hydrogens is 374 g/mol. The number of carbonyl (C=O) groups excluding carboxylic acids is 3. The number of aliphatic hydroxyl groups excluding tert-OH is 1. The van der Waals surface area contributed by atoms with E-state index in [-0.39, 0.29) is 37.0 Å². The smallest absolute Gasteiger partial charge is 0.255 e. The lowest BCUT2D eigenvalue weighted by Crippen LogP contribution is -2.52. The number of nitrogens with one attached hydrogen (secondary N) is 2. The van der Waals surface area contributed by atoms with Crippen molar-refractivity contribution in [3.8, 4) is 5.75 Å². The minimum Gasteiger partial charge on any atom is -0.489 e. The van der Waals surface area contributed by atoms with Crippen molar-refractivity contribution >= 4 is 17.7 Å². The molecule has 2 aliphatic heterocycles. The van der Waals surface area contributed by atoms with E-state index in [1.54, 1.807) is 11.0 Å². The van der Waals surface area contributed by atoms with E-state index in [9.17, 15) is 14.4 Å². The summed E-state index contributed by atoms with van der Waals surface area (Å²) in [6, 6.07) is 5.05. The Balaban J connectivity index is 1.46. The summed E-state index contributed by atoms with van der Waals surface area (Å²) in [6.07, 6.45) is 4.83. The first kappa shape index (κ1) is 19.8. The van der Waals surface area contributed by atoms with Crippen LogP contribution in [0.3, 0.4) is 0 Å². The summed E-state index contributed by atoms with van der Waals surface area (Å²) in [5.41, 5.74) is 1.42. The summed E-state index contributed by atoms with van der Waals surface area (Å²) in [4.78, 5) is 37.9. The van der Waals surface area contributed by atoms with Crippen molar-refractivity contribution in [1.29, 1.82) is 0 Å². The lowest BCUT2D eigenvalue weighted by molar-refractivity contribution is -0.136. The van der Waals surface area contributed by atoms with Gasteiger partial charge in [0, 0.05) is 31.1 Å². The van der Waals surface area contributed by atoms with E-state index in [0.29, 0.717) is 30.8 Å². The molecule has 1 aliphatic carbocycles. The molecule has 2 fully saturated rings. The van der Waals surface area contributed by atoms with Crippen LogP contribution in [-0.2, 0) is 16.1 Å². The number of ether oxygens (including phenoxy) is 1. The van der Waals surface area contributed by atoms with Crippen LogP contribution in [-0.4, -0.2) is 59.1 Å². The number of rotatable bonds is 6. The predicted octanol–water partition coefficient (Wildman–Crippen LogP) is 0.720. The van der Waals surface area contributed by atoms with Crippen molar-refractivity contribution in [2.24, 2.45) is 0 Å². The van der Waals surface area contributed by atoms with Gasteiger partial charge in [0.2, 0.25) is 11.8 Å². The van der Waals surface area contributed by atoms with Crippen LogP contribution in [0.2, 0.25) is 0 Å². The standard InChI is InChI=1S/C21H27N3O5/c25-10-9-22-16-3-1-2-4-18(16)29-14-5-6-15-13(11-14)12-24(21(15)28)17-7-8-19(26)23-20(17)27/h5-6,11,16-18,22,25H,1-4,7-10,12H2,(H,23,26,27)/t16-,17?,18+/m1/s1. The maximum absolute atomic E-state index is 12.8. The Morgan fingerprint density at radius 2 is 2.00 bits per heavy atom. The molecule has 8 nitrogen and oxygen atoms in total. The molecule has 1 saturated carbocycles. The average molecular weight is 401 g/mol. The highest BCUT2D eigenvalue weighted by molar-refractivity contribution is 6.05. The molecule has 8 heteroatoms. The van der Waals surface area contributed by atoms with Gasteiger partial charge in [-0.15, -0.1) is 0 Å². The number of piperidine rings is 1. The Morgan fingerprint density at radius 3 is 2.79 bits per heavy atom. The Morgan fingerprint density at radius 1 is 1.17 bits per heavy atom. The van der Waals surface area contributed by atoms with E-state index in [4.69, 9.17) is 9.84 Å². The normalized spacial score (nSPS) is 27.0. The zero-order valence-corrected chi connectivity index (χ0v) is 16.4.